The van der Waals surface area contributed by atoms with Gasteiger partial charge in [0.15, 0.2) is 11.5 Å². The molecule has 3 rings (SSSR count). The van der Waals surface area contributed by atoms with Crippen LogP contribution in [0.3, 0.4) is 0 Å². The minimum atomic E-state index is -6.55. The zero-order valence-corrected chi connectivity index (χ0v) is 21.8. The molecule has 0 atom stereocenters. The highest BCUT2D eigenvalue weighted by molar-refractivity contribution is 9.10. The zero-order chi connectivity index (χ0) is 30.8. The smallest absolute Gasteiger partial charge is 0.435 e. The quantitative estimate of drug-likeness (QED) is 0.242. The number of carbonyl (C=O) groups is 2. The SMILES string of the molecule is COc1c(NC(=O)c2ccccc2)cccc1C(=O)Nc1c(Br)cc(C(F)(C(F)(F)F)C(F)(F)F)cc1OC(F)F. The van der Waals surface area contributed by atoms with Crippen molar-refractivity contribution in [1.82, 2.24) is 0 Å². The molecule has 6 nitrogen and oxygen atoms in total. The summed E-state index contributed by atoms with van der Waals surface area (Å²) in [5, 5.41) is 4.53. The van der Waals surface area contributed by atoms with Gasteiger partial charge < -0.3 is 20.1 Å². The van der Waals surface area contributed by atoms with Gasteiger partial charge in [0, 0.05) is 15.6 Å². The van der Waals surface area contributed by atoms with Crippen LogP contribution in [0.2, 0.25) is 0 Å². The van der Waals surface area contributed by atoms with Crippen LogP contribution in [-0.2, 0) is 5.67 Å². The van der Waals surface area contributed by atoms with E-state index in [2.05, 4.69) is 26.0 Å². The summed E-state index contributed by atoms with van der Waals surface area (Å²) < 4.78 is 129. The van der Waals surface area contributed by atoms with Gasteiger partial charge in [-0.3, -0.25) is 9.59 Å². The second kappa shape index (κ2) is 11.9. The predicted molar refractivity (Wildman–Crippen MR) is 131 cm³/mol. The van der Waals surface area contributed by atoms with Crippen LogP contribution in [0.1, 0.15) is 26.3 Å². The van der Waals surface area contributed by atoms with Crippen LogP contribution in [0.15, 0.2) is 65.1 Å². The van der Waals surface area contributed by atoms with Crippen LogP contribution in [0.4, 0.5) is 50.9 Å². The minimum Gasteiger partial charge on any atom is -0.494 e. The molecule has 0 spiro atoms. The molecule has 0 aliphatic rings. The number of hydrogen-bond donors (Lipinski definition) is 2. The highest BCUT2D eigenvalue weighted by atomic mass is 79.9. The molecule has 0 aliphatic heterocycles. The molecule has 0 saturated carbocycles. The first-order valence-electron chi connectivity index (χ1n) is 11.0. The molecule has 0 heterocycles. The molecule has 0 aliphatic carbocycles. The van der Waals surface area contributed by atoms with Gasteiger partial charge in [-0.2, -0.15) is 35.1 Å². The molecule has 16 heteroatoms. The third kappa shape index (κ3) is 6.52. The molecule has 0 radical (unpaired) electrons. The van der Waals surface area contributed by atoms with Crippen LogP contribution < -0.4 is 20.1 Å². The average molecular weight is 659 g/mol. The molecular formula is C25H16BrF9N2O4. The Bertz CT molecular complexity index is 1420. The van der Waals surface area contributed by atoms with E-state index in [9.17, 15) is 49.1 Å². The van der Waals surface area contributed by atoms with Gasteiger partial charge in [0.1, 0.15) is 0 Å². The molecule has 220 valence electrons. The normalized spacial score (nSPS) is 12.2. The number of alkyl halides is 9. The molecule has 0 bridgehead atoms. The van der Waals surface area contributed by atoms with E-state index in [1.54, 1.807) is 18.2 Å². The van der Waals surface area contributed by atoms with Gasteiger partial charge in [-0.15, -0.1) is 0 Å². The number of carbonyl (C=O) groups excluding carboxylic acids is 2. The standard InChI is InChI=1S/C25H16BrF9N2O4/c1-40-19-14(8-5-9-16(19)36-20(38)12-6-3-2-4-7-12)21(39)37-18-15(26)10-13(11-17(18)41-22(27)28)23(29,24(30,31)32)25(33,34)35/h2-11,22H,1H3,(H,36,38)(H,37,39). The van der Waals surface area contributed by atoms with E-state index in [-0.39, 0.29) is 34.7 Å². The summed E-state index contributed by atoms with van der Waals surface area (Å²) in [7, 11) is 1.12. The lowest BCUT2D eigenvalue weighted by molar-refractivity contribution is -0.348. The van der Waals surface area contributed by atoms with E-state index < -0.39 is 57.9 Å². The Morgan fingerprint density at radius 3 is 1.98 bits per heavy atom. The summed E-state index contributed by atoms with van der Waals surface area (Å²) in [6.45, 7) is -3.80. The van der Waals surface area contributed by atoms with Gasteiger partial charge in [0.2, 0.25) is 0 Å². The molecule has 0 saturated heterocycles. The lowest BCUT2D eigenvalue weighted by Gasteiger charge is -2.31. The van der Waals surface area contributed by atoms with E-state index in [0.29, 0.717) is 0 Å². The van der Waals surface area contributed by atoms with Crippen LogP contribution in [0.5, 0.6) is 11.5 Å². The number of methoxy groups -OCH3 is 1. The maximum Gasteiger partial charge on any atom is 0.435 e. The van der Waals surface area contributed by atoms with E-state index >= 15 is 0 Å². The topological polar surface area (TPSA) is 76.7 Å². The van der Waals surface area contributed by atoms with Crippen molar-refractivity contribution in [2.45, 2.75) is 24.6 Å². The number of ether oxygens (including phenoxy) is 2. The fourth-order valence-corrected chi connectivity index (χ4v) is 4.12. The molecule has 41 heavy (non-hydrogen) atoms. The lowest BCUT2D eigenvalue weighted by atomic mass is 9.93. The van der Waals surface area contributed by atoms with Crippen LogP contribution in [-0.4, -0.2) is 37.9 Å². The largest absolute Gasteiger partial charge is 0.494 e. The number of para-hydroxylation sites is 1. The van der Waals surface area contributed by atoms with E-state index in [1.165, 1.54) is 24.3 Å². The van der Waals surface area contributed by atoms with Crippen LogP contribution in [0, 0.1) is 0 Å². The van der Waals surface area contributed by atoms with E-state index in [0.717, 1.165) is 13.2 Å². The molecule has 0 fully saturated rings. The van der Waals surface area contributed by atoms with Gasteiger partial charge in [0.05, 0.1) is 24.0 Å². The number of halogens is 10. The Balaban J connectivity index is 2.05. The van der Waals surface area contributed by atoms with Gasteiger partial charge in [0.25, 0.3) is 11.8 Å². The Hall–Kier alpha value is -3.95. The van der Waals surface area contributed by atoms with Crippen molar-refractivity contribution in [1.29, 1.82) is 0 Å². The van der Waals surface area contributed by atoms with Gasteiger partial charge in [-0.1, -0.05) is 24.3 Å². The van der Waals surface area contributed by atoms with Gasteiger partial charge in [-0.25, -0.2) is 4.39 Å². The molecule has 0 unspecified atom stereocenters. The first kappa shape index (κ1) is 31.6. The predicted octanol–water partition coefficient (Wildman–Crippen LogP) is 7.85. The third-order valence-corrected chi connectivity index (χ3v) is 6.06. The Kier molecular flexibility index (Phi) is 9.15. The highest BCUT2D eigenvalue weighted by Crippen LogP contribution is 2.55. The number of rotatable bonds is 8. The van der Waals surface area contributed by atoms with E-state index in [4.69, 9.17) is 4.74 Å². The van der Waals surface area contributed by atoms with Gasteiger partial charge in [-0.05, 0) is 52.3 Å². The summed E-state index contributed by atoms with van der Waals surface area (Å²) in [5.74, 6) is -3.43. The lowest BCUT2D eigenvalue weighted by Crippen LogP contribution is -2.50. The van der Waals surface area contributed by atoms with Crippen molar-refractivity contribution in [3.05, 3.63) is 81.8 Å². The highest BCUT2D eigenvalue weighted by Gasteiger charge is 2.73. The van der Waals surface area contributed by atoms with E-state index in [1.807, 2.05) is 5.32 Å². The second-order valence-corrected chi connectivity index (χ2v) is 8.88. The number of nitrogens with one attached hydrogen (secondary N) is 2. The summed E-state index contributed by atoms with van der Waals surface area (Å²) in [4.78, 5) is 25.6. The van der Waals surface area contributed by atoms with Crippen molar-refractivity contribution in [3.63, 3.8) is 0 Å². The molecule has 3 aromatic carbocycles. The molecule has 0 aromatic heterocycles. The van der Waals surface area contributed by atoms with Crippen molar-refractivity contribution >= 4 is 39.1 Å². The number of amides is 2. The average Bonchev–Trinajstić information content (AvgIpc) is 2.88. The Labute approximate surface area is 233 Å². The third-order valence-electron chi connectivity index (χ3n) is 5.44. The number of anilines is 2. The number of hydrogen-bond acceptors (Lipinski definition) is 4. The van der Waals surface area contributed by atoms with Crippen molar-refractivity contribution in [2.75, 3.05) is 17.7 Å². The maximum atomic E-state index is 14.6. The summed E-state index contributed by atoms with van der Waals surface area (Å²) >= 11 is 2.59. The summed E-state index contributed by atoms with van der Waals surface area (Å²) in [6.07, 6.45) is -13.1. The molecule has 2 amide bonds. The Morgan fingerprint density at radius 2 is 1.44 bits per heavy atom. The Morgan fingerprint density at radius 1 is 0.829 bits per heavy atom. The maximum absolute atomic E-state index is 14.6. The number of benzene rings is 3. The second-order valence-electron chi connectivity index (χ2n) is 8.02. The monoisotopic (exact) mass is 658 g/mol. The first-order valence-corrected chi connectivity index (χ1v) is 11.8. The summed E-state index contributed by atoms with van der Waals surface area (Å²) in [6, 6.07) is 11.4. The van der Waals surface area contributed by atoms with Crippen LogP contribution >= 0.6 is 15.9 Å². The van der Waals surface area contributed by atoms with Gasteiger partial charge >= 0.3 is 24.6 Å². The summed E-state index contributed by atoms with van der Waals surface area (Å²) in [5.41, 5.74) is -9.09. The minimum absolute atomic E-state index is 0.0165. The molecule has 3 aromatic rings. The zero-order valence-electron chi connectivity index (χ0n) is 20.3. The van der Waals surface area contributed by atoms with Crippen LogP contribution in [0.25, 0.3) is 0 Å². The van der Waals surface area contributed by atoms with Crippen molar-refractivity contribution < 1.29 is 58.6 Å². The fraction of sp³-hybridized carbons (Fsp3) is 0.200. The van der Waals surface area contributed by atoms with Crippen molar-refractivity contribution in [3.8, 4) is 11.5 Å². The molecular weight excluding hydrogens is 643 g/mol. The fourth-order valence-electron chi connectivity index (χ4n) is 3.58. The first-order chi connectivity index (χ1) is 19.0. The molecule has 2 N–H and O–H groups in total. The van der Waals surface area contributed by atoms with Crippen molar-refractivity contribution in [2.24, 2.45) is 0 Å².